The van der Waals surface area contributed by atoms with E-state index in [9.17, 15) is 18.0 Å². The van der Waals surface area contributed by atoms with Crippen LogP contribution in [0.15, 0.2) is 12.7 Å². The van der Waals surface area contributed by atoms with E-state index in [1.165, 1.54) is 0 Å². The summed E-state index contributed by atoms with van der Waals surface area (Å²) in [7, 11) is 0. The predicted octanol–water partition coefficient (Wildman–Crippen LogP) is 2.66. The van der Waals surface area contributed by atoms with Gasteiger partial charge >= 0.3 is 6.18 Å². The number of amides is 1. The standard InChI is InChI=1S/C10H16F3NO/c1-5-9(3,4)7(2)14-8(15)6-10(11,12)13/h5,7H,1,6H2,2-4H3,(H,14,15). The molecule has 1 amide bonds. The highest BCUT2D eigenvalue weighted by atomic mass is 19.4. The number of alkyl halides is 3. The zero-order valence-corrected chi connectivity index (χ0v) is 9.11. The largest absolute Gasteiger partial charge is 0.397 e. The summed E-state index contributed by atoms with van der Waals surface area (Å²) in [4.78, 5) is 11.0. The average molecular weight is 223 g/mol. The summed E-state index contributed by atoms with van der Waals surface area (Å²) in [6, 6.07) is -0.384. The van der Waals surface area contributed by atoms with E-state index >= 15 is 0 Å². The van der Waals surface area contributed by atoms with Crippen LogP contribution >= 0.6 is 0 Å². The molecular formula is C10H16F3NO. The predicted molar refractivity (Wildman–Crippen MR) is 52.3 cm³/mol. The molecule has 0 bridgehead atoms. The van der Waals surface area contributed by atoms with Crippen molar-refractivity contribution in [2.75, 3.05) is 0 Å². The first-order chi connectivity index (χ1) is 6.58. The average Bonchev–Trinajstić information content (AvgIpc) is 2.00. The number of hydrogen-bond acceptors (Lipinski definition) is 1. The van der Waals surface area contributed by atoms with Gasteiger partial charge in [-0.15, -0.1) is 6.58 Å². The molecular weight excluding hydrogens is 207 g/mol. The lowest BCUT2D eigenvalue weighted by molar-refractivity contribution is -0.154. The third-order valence-electron chi connectivity index (χ3n) is 2.38. The van der Waals surface area contributed by atoms with Crippen molar-refractivity contribution in [1.82, 2.24) is 5.32 Å². The molecule has 5 heteroatoms. The highest BCUT2D eigenvalue weighted by Gasteiger charge is 2.33. The minimum Gasteiger partial charge on any atom is -0.353 e. The summed E-state index contributed by atoms with van der Waals surface area (Å²) in [5, 5.41) is 2.30. The minimum atomic E-state index is -4.46. The van der Waals surface area contributed by atoms with E-state index in [2.05, 4.69) is 11.9 Å². The van der Waals surface area contributed by atoms with Crippen molar-refractivity contribution in [3.63, 3.8) is 0 Å². The van der Waals surface area contributed by atoms with Crippen molar-refractivity contribution in [2.24, 2.45) is 5.41 Å². The zero-order chi connectivity index (χ0) is 12.3. The lowest BCUT2D eigenvalue weighted by Gasteiger charge is -2.29. The number of hydrogen-bond donors (Lipinski definition) is 1. The van der Waals surface area contributed by atoms with Gasteiger partial charge in [-0.25, -0.2) is 0 Å². The Morgan fingerprint density at radius 2 is 1.93 bits per heavy atom. The van der Waals surface area contributed by atoms with Crippen molar-refractivity contribution in [3.05, 3.63) is 12.7 Å². The van der Waals surface area contributed by atoms with Gasteiger partial charge in [0.15, 0.2) is 0 Å². The van der Waals surface area contributed by atoms with Crippen LogP contribution in [0.1, 0.15) is 27.2 Å². The summed E-state index contributed by atoms with van der Waals surface area (Å²) in [6.45, 7) is 8.79. The molecule has 88 valence electrons. The quantitative estimate of drug-likeness (QED) is 0.729. The number of carbonyl (C=O) groups is 1. The lowest BCUT2D eigenvalue weighted by atomic mass is 9.85. The molecule has 0 saturated carbocycles. The maximum absolute atomic E-state index is 11.9. The molecule has 2 nitrogen and oxygen atoms in total. The summed E-state index contributed by atoms with van der Waals surface area (Å²) >= 11 is 0. The van der Waals surface area contributed by atoms with Gasteiger partial charge in [-0.3, -0.25) is 4.79 Å². The number of rotatable bonds is 4. The van der Waals surface area contributed by atoms with E-state index in [-0.39, 0.29) is 6.04 Å². The Hall–Kier alpha value is -1.00. The number of carbonyl (C=O) groups excluding carboxylic acids is 1. The molecule has 0 aromatic carbocycles. The topological polar surface area (TPSA) is 29.1 Å². The first-order valence-corrected chi connectivity index (χ1v) is 4.58. The molecule has 0 spiro atoms. The van der Waals surface area contributed by atoms with Gasteiger partial charge < -0.3 is 5.32 Å². The molecule has 0 heterocycles. The van der Waals surface area contributed by atoms with E-state index in [1.807, 2.05) is 0 Å². The number of nitrogens with one attached hydrogen (secondary N) is 1. The molecule has 0 radical (unpaired) electrons. The molecule has 1 atom stereocenters. The summed E-state index contributed by atoms with van der Waals surface area (Å²) in [5.41, 5.74) is -0.429. The van der Waals surface area contributed by atoms with E-state index in [0.717, 1.165) is 0 Å². The first kappa shape index (κ1) is 14.0. The fourth-order valence-corrected chi connectivity index (χ4v) is 0.837. The molecule has 1 unspecified atom stereocenters. The molecule has 0 rings (SSSR count). The molecule has 0 aliphatic carbocycles. The van der Waals surface area contributed by atoms with Crippen LogP contribution in [0.3, 0.4) is 0 Å². The van der Waals surface area contributed by atoms with Gasteiger partial charge in [-0.2, -0.15) is 13.2 Å². The second-order valence-corrected chi connectivity index (χ2v) is 4.11. The Labute approximate surface area is 87.5 Å². The Bertz CT molecular complexity index is 246. The first-order valence-electron chi connectivity index (χ1n) is 4.58. The molecule has 0 aromatic heterocycles. The van der Waals surface area contributed by atoms with Crippen LogP contribution in [0.25, 0.3) is 0 Å². The number of halogens is 3. The Morgan fingerprint density at radius 3 is 2.27 bits per heavy atom. The van der Waals surface area contributed by atoms with Crippen LogP contribution < -0.4 is 5.32 Å². The normalized spacial score (nSPS) is 14.5. The fraction of sp³-hybridized carbons (Fsp3) is 0.700. The lowest BCUT2D eigenvalue weighted by Crippen LogP contribution is -2.43. The summed E-state index contributed by atoms with van der Waals surface area (Å²) in [6.07, 6.45) is -4.29. The molecule has 0 fully saturated rings. The molecule has 1 N–H and O–H groups in total. The smallest absolute Gasteiger partial charge is 0.353 e. The highest BCUT2D eigenvalue weighted by molar-refractivity contribution is 5.77. The van der Waals surface area contributed by atoms with Crippen LogP contribution in [0, 0.1) is 5.41 Å². The van der Waals surface area contributed by atoms with Crippen molar-refractivity contribution < 1.29 is 18.0 Å². The van der Waals surface area contributed by atoms with Crippen LogP contribution in [0.5, 0.6) is 0 Å². The van der Waals surface area contributed by atoms with Crippen LogP contribution in [0.4, 0.5) is 13.2 Å². The van der Waals surface area contributed by atoms with Gasteiger partial charge in [0.25, 0.3) is 0 Å². The van der Waals surface area contributed by atoms with Crippen LogP contribution in [-0.2, 0) is 4.79 Å². The van der Waals surface area contributed by atoms with Gasteiger partial charge in [0, 0.05) is 11.5 Å². The minimum absolute atomic E-state index is 0.384. The van der Waals surface area contributed by atoms with E-state index in [1.54, 1.807) is 26.8 Å². The maximum Gasteiger partial charge on any atom is 0.397 e. The second-order valence-electron chi connectivity index (χ2n) is 4.11. The van der Waals surface area contributed by atoms with Crippen molar-refractivity contribution in [3.8, 4) is 0 Å². The van der Waals surface area contributed by atoms with E-state index < -0.39 is 23.9 Å². The Kier molecular flexibility index (Phi) is 4.37. The fourth-order valence-electron chi connectivity index (χ4n) is 0.837. The van der Waals surface area contributed by atoms with Gasteiger partial charge in [0.05, 0.1) is 0 Å². The third kappa shape index (κ3) is 5.44. The monoisotopic (exact) mass is 223 g/mol. The van der Waals surface area contributed by atoms with Crippen LogP contribution in [-0.4, -0.2) is 18.1 Å². The van der Waals surface area contributed by atoms with Gasteiger partial charge in [0.2, 0.25) is 5.91 Å². The molecule has 0 aliphatic heterocycles. The van der Waals surface area contributed by atoms with Crippen molar-refractivity contribution in [2.45, 2.75) is 39.4 Å². The van der Waals surface area contributed by atoms with Crippen molar-refractivity contribution >= 4 is 5.91 Å². The molecule has 0 aromatic rings. The summed E-state index contributed by atoms with van der Waals surface area (Å²) in [5.74, 6) is -1.01. The Balaban J connectivity index is 4.25. The summed E-state index contributed by atoms with van der Waals surface area (Å²) < 4.78 is 35.6. The zero-order valence-electron chi connectivity index (χ0n) is 9.11. The van der Waals surface area contributed by atoms with Gasteiger partial charge in [-0.1, -0.05) is 19.9 Å². The van der Waals surface area contributed by atoms with E-state index in [4.69, 9.17) is 0 Å². The SMILES string of the molecule is C=CC(C)(C)C(C)NC(=O)CC(F)(F)F. The molecule has 0 saturated heterocycles. The van der Waals surface area contributed by atoms with Crippen molar-refractivity contribution in [1.29, 1.82) is 0 Å². The maximum atomic E-state index is 11.9. The van der Waals surface area contributed by atoms with E-state index in [0.29, 0.717) is 0 Å². The third-order valence-corrected chi connectivity index (χ3v) is 2.38. The van der Waals surface area contributed by atoms with Crippen LogP contribution in [0.2, 0.25) is 0 Å². The molecule has 0 aliphatic rings. The van der Waals surface area contributed by atoms with Gasteiger partial charge in [-0.05, 0) is 6.92 Å². The highest BCUT2D eigenvalue weighted by Crippen LogP contribution is 2.23. The molecule has 15 heavy (non-hydrogen) atoms. The van der Waals surface area contributed by atoms with Gasteiger partial charge in [0.1, 0.15) is 6.42 Å². The Morgan fingerprint density at radius 1 is 1.47 bits per heavy atom. The second kappa shape index (κ2) is 4.68.